The molecule has 0 unspecified atom stereocenters. The van der Waals surface area contributed by atoms with Gasteiger partial charge in [-0.15, -0.1) is 0 Å². The molecule has 0 bridgehead atoms. The molecule has 1 aromatic heterocycles. The number of aliphatic hydroxyl groups excluding tert-OH is 1. The Balaban J connectivity index is 1.80. The van der Waals surface area contributed by atoms with E-state index in [1.165, 1.54) is 0 Å². The van der Waals surface area contributed by atoms with Crippen LogP contribution in [0.1, 0.15) is 6.92 Å². The lowest BCUT2D eigenvalue weighted by molar-refractivity contribution is 0.130. The van der Waals surface area contributed by atoms with Gasteiger partial charge in [0.1, 0.15) is 11.9 Å². The second kappa shape index (κ2) is 8.73. The summed E-state index contributed by atoms with van der Waals surface area (Å²) in [5, 5.41) is 15.4. The standard InChI is InChI=1S/C19H19ClFN5O2/c1-11(10-27)28-17-8-14(5-6-15(17)20)25-19-23-9-16(21)18(26-19)24-13-4-2-3-12(22)7-13/h2-9,11,27H,10,22H2,1H3,(H2,23,24,25,26)/t11-/m0/s1. The van der Waals surface area contributed by atoms with Crippen LogP contribution in [0.15, 0.2) is 48.7 Å². The van der Waals surface area contributed by atoms with Crippen molar-refractivity contribution in [1.82, 2.24) is 9.97 Å². The largest absolute Gasteiger partial charge is 0.487 e. The highest BCUT2D eigenvalue weighted by Crippen LogP contribution is 2.30. The summed E-state index contributed by atoms with van der Waals surface area (Å²) in [7, 11) is 0. The van der Waals surface area contributed by atoms with Crippen molar-refractivity contribution in [3.8, 4) is 5.75 Å². The van der Waals surface area contributed by atoms with Crippen LogP contribution in [0, 0.1) is 5.82 Å². The highest BCUT2D eigenvalue weighted by molar-refractivity contribution is 6.32. The third-order valence-corrected chi connectivity index (χ3v) is 3.98. The molecule has 0 radical (unpaired) electrons. The molecular weight excluding hydrogens is 385 g/mol. The topological polar surface area (TPSA) is 105 Å². The van der Waals surface area contributed by atoms with Crippen LogP contribution in [-0.4, -0.2) is 27.8 Å². The molecule has 5 N–H and O–H groups in total. The SMILES string of the molecule is C[C@@H](CO)Oc1cc(Nc2ncc(F)c(Nc3cccc(N)c3)n2)ccc1Cl. The fourth-order valence-electron chi connectivity index (χ4n) is 2.32. The van der Waals surface area contributed by atoms with Crippen molar-refractivity contribution in [2.24, 2.45) is 0 Å². The first kappa shape index (κ1) is 19.7. The predicted molar refractivity (Wildman–Crippen MR) is 108 cm³/mol. The Morgan fingerprint density at radius 2 is 2.00 bits per heavy atom. The maximum absolute atomic E-state index is 14.1. The van der Waals surface area contributed by atoms with E-state index in [0.717, 1.165) is 6.20 Å². The summed E-state index contributed by atoms with van der Waals surface area (Å²) >= 11 is 6.11. The van der Waals surface area contributed by atoms with Crippen LogP contribution in [-0.2, 0) is 0 Å². The fraction of sp³-hybridized carbons (Fsp3) is 0.158. The van der Waals surface area contributed by atoms with E-state index in [9.17, 15) is 4.39 Å². The summed E-state index contributed by atoms with van der Waals surface area (Å²) in [5.41, 5.74) is 7.47. The quantitative estimate of drug-likeness (QED) is 0.440. The molecule has 0 aliphatic carbocycles. The lowest BCUT2D eigenvalue weighted by atomic mass is 10.3. The highest BCUT2D eigenvalue weighted by atomic mass is 35.5. The molecule has 28 heavy (non-hydrogen) atoms. The molecule has 0 saturated carbocycles. The first-order valence-corrected chi connectivity index (χ1v) is 8.81. The van der Waals surface area contributed by atoms with E-state index in [1.807, 2.05) is 0 Å². The summed E-state index contributed by atoms with van der Waals surface area (Å²) in [6.07, 6.45) is 0.648. The Morgan fingerprint density at radius 3 is 2.75 bits per heavy atom. The molecule has 0 amide bonds. The van der Waals surface area contributed by atoms with Gasteiger partial charge >= 0.3 is 0 Å². The van der Waals surface area contributed by atoms with E-state index in [4.69, 9.17) is 27.2 Å². The number of halogens is 2. The van der Waals surface area contributed by atoms with Gasteiger partial charge in [0, 0.05) is 23.1 Å². The number of aromatic nitrogens is 2. The second-order valence-electron chi connectivity index (χ2n) is 6.02. The number of aliphatic hydroxyl groups is 1. The molecule has 2 aromatic carbocycles. The summed E-state index contributed by atoms with van der Waals surface area (Å²) < 4.78 is 19.6. The third-order valence-electron chi connectivity index (χ3n) is 3.67. The monoisotopic (exact) mass is 403 g/mol. The Morgan fingerprint density at radius 1 is 1.21 bits per heavy atom. The van der Waals surface area contributed by atoms with Crippen LogP contribution >= 0.6 is 11.6 Å². The number of nitrogens with two attached hydrogens (primary N) is 1. The van der Waals surface area contributed by atoms with Crippen LogP contribution in [0.5, 0.6) is 5.75 Å². The summed E-state index contributed by atoms with van der Waals surface area (Å²) in [6, 6.07) is 11.9. The minimum absolute atomic E-state index is 0.00226. The predicted octanol–water partition coefficient (Wildman–Crippen LogP) is 4.10. The van der Waals surface area contributed by atoms with Gasteiger partial charge in [-0.3, -0.25) is 0 Å². The molecule has 1 heterocycles. The third kappa shape index (κ3) is 4.99. The highest BCUT2D eigenvalue weighted by Gasteiger charge is 2.11. The van der Waals surface area contributed by atoms with Crippen molar-refractivity contribution in [3.63, 3.8) is 0 Å². The molecule has 1 atom stereocenters. The molecule has 0 fully saturated rings. The number of nitrogens with zero attached hydrogens (tertiary/aromatic N) is 2. The molecule has 7 nitrogen and oxygen atoms in total. The Kier molecular flexibility index (Phi) is 6.13. The molecule has 9 heteroatoms. The van der Waals surface area contributed by atoms with Gasteiger partial charge in [0.05, 0.1) is 17.8 Å². The number of ether oxygens (including phenoxy) is 1. The average Bonchev–Trinajstić information content (AvgIpc) is 2.67. The van der Waals surface area contributed by atoms with Crippen LogP contribution in [0.3, 0.4) is 0 Å². The van der Waals surface area contributed by atoms with Crippen molar-refractivity contribution in [1.29, 1.82) is 0 Å². The summed E-state index contributed by atoms with van der Waals surface area (Å²) in [6.45, 7) is 1.57. The van der Waals surface area contributed by atoms with Gasteiger partial charge in [-0.2, -0.15) is 4.98 Å². The van der Waals surface area contributed by atoms with Gasteiger partial charge in [0.2, 0.25) is 5.95 Å². The lowest BCUT2D eigenvalue weighted by Crippen LogP contribution is -2.16. The average molecular weight is 404 g/mol. The van der Waals surface area contributed by atoms with Crippen LogP contribution in [0.2, 0.25) is 5.02 Å². The van der Waals surface area contributed by atoms with Crippen molar-refractivity contribution < 1.29 is 14.2 Å². The van der Waals surface area contributed by atoms with Crippen molar-refractivity contribution in [2.45, 2.75) is 13.0 Å². The van der Waals surface area contributed by atoms with Gasteiger partial charge in [0.15, 0.2) is 11.6 Å². The van der Waals surface area contributed by atoms with E-state index in [0.29, 0.717) is 27.8 Å². The van der Waals surface area contributed by atoms with Crippen molar-refractivity contribution in [3.05, 3.63) is 59.5 Å². The number of benzene rings is 2. The van der Waals surface area contributed by atoms with Gasteiger partial charge in [0.25, 0.3) is 0 Å². The smallest absolute Gasteiger partial charge is 0.229 e. The first-order valence-electron chi connectivity index (χ1n) is 8.44. The Bertz CT molecular complexity index is 973. The molecular formula is C19H19ClFN5O2. The minimum Gasteiger partial charge on any atom is -0.487 e. The molecule has 3 aromatic rings. The van der Waals surface area contributed by atoms with E-state index >= 15 is 0 Å². The molecule has 0 spiro atoms. The van der Waals surface area contributed by atoms with Gasteiger partial charge in [-0.25, -0.2) is 9.37 Å². The maximum atomic E-state index is 14.1. The molecule has 0 saturated heterocycles. The molecule has 0 aliphatic heterocycles. The van der Waals surface area contributed by atoms with Crippen LogP contribution in [0.4, 0.5) is 33.2 Å². The number of nitrogens with one attached hydrogen (secondary N) is 2. The van der Waals surface area contributed by atoms with Crippen LogP contribution in [0.25, 0.3) is 0 Å². The normalized spacial score (nSPS) is 11.7. The maximum Gasteiger partial charge on any atom is 0.229 e. The molecule has 0 aliphatic rings. The van der Waals surface area contributed by atoms with Crippen molar-refractivity contribution in [2.75, 3.05) is 23.0 Å². The van der Waals surface area contributed by atoms with E-state index in [2.05, 4.69) is 20.6 Å². The van der Waals surface area contributed by atoms with Crippen molar-refractivity contribution >= 4 is 40.4 Å². The summed E-state index contributed by atoms with van der Waals surface area (Å²) in [4.78, 5) is 8.11. The van der Waals surface area contributed by atoms with Gasteiger partial charge in [-0.1, -0.05) is 17.7 Å². The fourth-order valence-corrected chi connectivity index (χ4v) is 2.48. The zero-order valence-electron chi connectivity index (χ0n) is 15.0. The minimum atomic E-state index is -0.607. The first-order chi connectivity index (χ1) is 13.4. The number of hydrogen-bond acceptors (Lipinski definition) is 7. The van der Waals surface area contributed by atoms with Gasteiger partial charge < -0.3 is 26.2 Å². The van der Waals surface area contributed by atoms with E-state index in [1.54, 1.807) is 49.4 Å². The molecule has 3 rings (SSSR count). The zero-order valence-corrected chi connectivity index (χ0v) is 15.7. The van der Waals surface area contributed by atoms with Crippen LogP contribution < -0.4 is 21.1 Å². The Labute approximate surface area is 166 Å². The Hall–Kier alpha value is -3.10. The lowest BCUT2D eigenvalue weighted by Gasteiger charge is -2.15. The zero-order chi connectivity index (χ0) is 20.1. The number of rotatable bonds is 7. The number of hydrogen-bond donors (Lipinski definition) is 4. The summed E-state index contributed by atoms with van der Waals surface area (Å²) in [5.74, 6) is -0.0305. The van der Waals surface area contributed by atoms with E-state index in [-0.39, 0.29) is 18.4 Å². The van der Waals surface area contributed by atoms with Gasteiger partial charge in [-0.05, 0) is 37.3 Å². The number of anilines is 5. The molecule has 146 valence electrons. The van der Waals surface area contributed by atoms with E-state index < -0.39 is 11.9 Å². The number of nitrogen functional groups attached to an aromatic ring is 1. The second-order valence-corrected chi connectivity index (χ2v) is 6.43.